The number of nitrogens with zero attached hydrogens (tertiary/aromatic N) is 3. The number of benzene rings is 1. The molecule has 0 saturated carbocycles. The zero-order chi connectivity index (χ0) is 21.5. The molecule has 6 heteroatoms. The van der Waals surface area contributed by atoms with Crippen LogP contribution in [-0.4, -0.2) is 15.3 Å². The van der Waals surface area contributed by atoms with Crippen molar-refractivity contribution in [1.29, 1.82) is 0 Å². The van der Waals surface area contributed by atoms with Crippen molar-refractivity contribution in [2.45, 2.75) is 60.3 Å². The number of hydrogen-bond donors (Lipinski definition) is 1. The van der Waals surface area contributed by atoms with Gasteiger partial charge in [-0.25, -0.2) is 15.0 Å². The summed E-state index contributed by atoms with van der Waals surface area (Å²) in [5, 5.41) is 5.21. The Morgan fingerprint density at radius 2 is 2.03 bits per heavy atom. The largest absolute Gasteiger partial charge is 0.268 e. The Morgan fingerprint density at radius 3 is 2.70 bits per heavy atom. The van der Waals surface area contributed by atoms with Crippen molar-refractivity contribution in [3.05, 3.63) is 51.1 Å². The Labute approximate surface area is 181 Å². The van der Waals surface area contributed by atoms with Crippen molar-refractivity contribution in [2.75, 3.05) is 5.43 Å². The summed E-state index contributed by atoms with van der Waals surface area (Å²) in [6.07, 6.45) is 3.93. The van der Waals surface area contributed by atoms with E-state index in [2.05, 4.69) is 38.2 Å². The third kappa shape index (κ3) is 3.81. The summed E-state index contributed by atoms with van der Waals surface area (Å²) < 4.78 is 1.66. The summed E-state index contributed by atoms with van der Waals surface area (Å²) in [5.41, 5.74) is 6.28. The van der Waals surface area contributed by atoms with Gasteiger partial charge in [0.15, 0.2) is 0 Å². The van der Waals surface area contributed by atoms with Crippen molar-refractivity contribution >= 4 is 33.2 Å². The molecule has 0 bridgehead atoms. The molecule has 0 radical (unpaired) electrons. The molecule has 0 amide bonds. The van der Waals surface area contributed by atoms with Crippen LogP contribution in [0.2, 0.25) is 0 Å². The van der Waals surface area contributed by atoms with E-state index >= 15 is 0 Å². The molecule has 1 aliphatic carbocycles. The third-order valence-electron chi connectivity index (χ3n) is 6.18. The van der Waals surface area contributed by atoms with Gasteiger partial charge in [-0.2, -0.15) is 5.10 Å². The number of hydrazone groups is 1. The second-order valence-electron chi connectivity index (χ2n) is 9.21. The van der Waals surface area contributed by atoms with E-state index in [1.54, 1.807) is 15.9 Å². The molecule has 0 unspecified atom stereocenters. The Morgan fingerprint density at radius 1 is 1.30 bits per heavy atom. The molecule has 1 atom stereocenters. The van der Waals surface area contributed by atoms with Crippen LogP contribution in [0.25, 0.3) is 15.9 Å². The van der Waals surface area contributed by atoms with Crippen LogP contribution in [0.1, 0.15) is 57.9 Å². The van der Waals surface area contributed by atoms with Gasteiger partial charge < -0.3 is 0 Å². The van der Waals surface area contributed by atoms with Crippen molar-refractivity contribution in [2.24, 2.45) is 16.4 Å². The molecule has 158 valence electrons. The van der Waals surface area contributed by atoms with Gasteiger partial charge in [-0.05, 0) is 61.6 Å². The minimum absolute atomic E-state index is 0.00948. The van der Waals surface area contributed by atoms with Crippen LogP contribution in [0.15, 0.2) is 40.2 Å². The predicted molar refractivity (Wildman–Crippen MR) is 127 cm³/mol. The highest BCUT2D eigenvalue weighted by molar-refractivity contribution is 7.18. The minimum atomic E-state index is -0.00948. The van der Waals surface area contributed by atoms with Gasteiger partial charge >= 0.3 is 0 Å². The van der Waals surface area contributed by atoms with E-state index in [-0.39, 0.29) is 11.0 Å². The number of anilines is 1. The Bertz CT molecular complexity index is 1150. The molecule has 4 rings (SSSR count). The Hall–Kier alpha value is -2.47. The first-order chi connectivity index (χ1) is 14.3. The standard InChI is InChI=1S/C24H30N4OS/c1-6-15(2)26-27-23-25-21-20(22(29)28(23)17-10-8-7-9-11-17)18-13-12-16(24(3,4)5)14-19(18)30-21/h7-11,16H,6,12-14H2,1-5H3,(H,25,27)/b26-15-/t16-/m0/s1. The Balaban J connectivity index is 1.90. The van der Waals surface area contributed by atoms with E-state index in [1.165, 1.54) is 10.4 Å². The van der Waals surface area contributed by atoms with Crippen molar-refractivity contribution in [3.63, 3.8) is 0 Å². The quantitative estimate of drug-likeness (QED) is 0.427. The van der Waals surface area contributed by atoms with Crippen molar-refractivity contribution in [3.8, 4) is 5.69 Å². The van der Waals surface area contributed by atoms with E-state index in [4.69, 9.17) is 4.98 Å². The molecular formula is C24H30N4OS. The lowest BCUT2D eigenvalue weighted by Crippen LogP contribution is -2.27. The summed E-state index contributed by atoms with van der Waals surface area (Å²) in [4.78, 5) is 20.7. The lowest BCUT2D eigenvalue weighted by molar-refractivity contribution is 0.218. The molecule has 2 heterocycles. The molecule has 0 spiro atoms. The van der Waals surface area contributed by atoms with Gasteiger partial charge in [0, 0.05) is 10.6 Å². The van der Waals surface area contributed by atoms with Gasteiger partial charge in [-0.15, -0.1) is 11.3 Å². The number of nitrogens with one attached hydrogen (secondary N) is 1. The van der Waals surface area contributed by atoms with E-state index in [0.717, 1.165) is 47.3 Å². The topological polar surface area (TPSA) is 59.3 Å². The molecule has 3 aromatic rings. The van der Waals surface area contributed by atoms with Gasteiger partial charge in [0.1, 0.15) is 4.83 Å². The normalized spacial score (nSPS) is 17.2. The van der Waals surface area contributed by atoms with Crippen LogP contribution in [0, 0.1) is 11.3 Å². The maximum absolute atomic E-state index is 13.7. The van der Waals surface area contributed by atoms with E-state index in [0.29, 0.717) is 11.9 Å². The van der Waals surface area contributed by atoms with Crippen molar-refractivity contribution < 1.29 is 0 Å². The van der Waals surface area contributed by atoms with Crippen LogP contribution >= 0.6 is 11.3 Å². The fourth-order valence-corrected chi connectivity index (χ4v) is 5.37. The van der Waals surface area contributed by atoms with Crippen LogP contribution in [0.3, 0.4) is 0 Å². The lowest BCUT2D eigenvalue weighted by Gasteiger charge is -2.33. The number of aryl methyl sites for hydroxylation is 1. The first-order valence-corrected chi connectivity index (χ1v) is 11.5. The highest BCUT2D eigenvalue weighted by Gasteiger charge is 2.32. The molecule has 0 saturated heterocycles. The molecule has 30 heavy (non-hydrogen) atoms. The van der Waals surface area contributed by atoms with Crippen LogP contribution in [-0.2, 0) is 12.8 Å². The number of aromatic nitrogens is 2. The highest BCUT2D eigenvalue weighted by atomic mass is 32.1. The molecule has 1 aromatic carbocycles. The molecule has 5 nitrogen and oxygen atoms in total. The van der Waals surface area contributed by atoms with Crippen molar-refractivity contribution in [1.82, 2.24) is 9.55 Å². The monoisotopic (exact) mass is 422 g/mol. The molecule has 2 aromatic heterocycles. The number of rotatable bonds is 4. The fourth-order valence-electron chi connectivity index (χ4n) is 4.08. The lowest BCUT2D eigenvalue weighted by atomic mass is 9.72. The van der Waals surface area contributed by atoms with Crippen LogP contribution in [0.5, 0.6) is 0 Å². The van der Waals surface area contributed by atoms with E-state index < -0.39 is 0 Å². The van der Waals surface area contributed by atoms with E-state index in [1.807, 2.05) is 37.3 Å². The van der Waals surface area contributed by atoms with Gasteiger partial charge in [-0.1, -0.05) is 45.9 Å². The van der Waals surface area contributed by atoms with Gasteiger partial charge in [0.2, 0.25) is 5.95 Å². The van der Waals surface area contributed by atoms with Gasteiger partial charge in [0.05, 0.1) is 11.1 Å². The summed E-state index contributed by atoms with van der Waals surface area (Å²) in [6.45, 7) is 11.0. The minimum Gasteiger partial charge on any atom is -0.268 e. The Kier molecular flexibility index (Phi) is 5.53. The van der Waals surface area contributed by atoms with Crippen LogP contribution in [0.4, 0.5) is 5.95 Å². The number of fused-ring (bicyclic) bond motifs is 3. The first kappa shape index (κ1) is 20.8. The summed E-state index contributed by atoms with van der Waals surface area (Å²) >= 11 is 1.68. The molecule has 1 aliphatic rings. The number of hydrogen-bond acceptors (Lipinski definition) is 5. The summed E-state index contributed by atoms with van der Waals surface area (Å²) in [7, 11) is 0. The second-order valence-corrected chi connectivity index (χ2v) is 10.3. The second kappa shape index (κ2) is 7.99. The van der Waals surface area contributed by atoms with Crippen LogP contribution < -0.4 is 11.0 Å². The smallest absolute Gasteiger partial charge is 0.268 e. The predicted octanol–water partition coefficient (Wildman–Crippen LogP) is 5.80. The highest BCUT2D eigenvalue weighted by Crippen LogP contribution is 2.42. The molecule has 1 N–H and O–H groups in total. The SMILES string of the molecule is CC/C(C)=N\Nc1nc2sc3c(c2c(=O)n1-c1ccccc1)CC[C@H](C(C)(C)C)C3. The molecule has 0 aliphatic heterocycles. The van der Waals surface area contributed by atoms with E-state index in [9.17, 15) is 4.79 Å². The third-order valence-corrected chi connectivity index (χ3v) is 7.33. The summed E-state index contributed by atoms with van der Waals surface area (Å²) in [5.74, 6) is 1.10. The first-order valence-electron chi connectivity index (χ1n) is 10.7. The number of thiophene rings is 1. The molecule has 0 fully saturated rings. The maximum atomic E-state index is 13.7. The maximum Gasteiger partial charge on any atom is 0.268 e. The average Bonchev–Trinajstić information content (AvgIpc) is 3.09. The zero-order valence-electron chi connectivity index (χ0n) is 18.5. The zero-order valence-corrected chi connectivity index (χ0v) is 19.3. The summed E-state index contributed by atoms with van der Waals surface area (Å²) in [6, 6.07) is 9.70. The molecular weight excluding hydrogens is 392 g/mol. The fraction of sp³-hybridized carbons (Fsp3) is 0.458. The number of para-hydroxylation sites is 1. The van der Waals surface area contributed by atoms with Gasteiger partial charge in [-0.3, -0.25) is 4.79 Å². The van der Waals surface area contributed by atoms with Gasteiger partial charge in [0.25, 0.3) is 5.56 Å². The average molecular weight is 423 g/mol.